The monoisotopic (exact) mass is 353 g/mol. The fourth-order valence-corrected chi connectivity index (χ4v) is 2.60. The van der Waals surface area contributed by atoms with Crippen LogP contribution in [0.4, 0.5) is 10.7 Å². The molecule has 3 amide bonds. The third-order valence-electron chi connectivity index (χ3n) is 4.06. The highest BCUT2D eigenvalue weighted by Gasteiger charge is 2.24. The van der Waals surface area contributed by atoms with Crippen LogP contribution in [0.5, 0.6) is 0 Å². The Kier molecular flexibility index (Phi) is 4.04. The van der Waals surface area contributed by atoms with Crippen molar-refractivity contribution in [1.82, 2.24) is 30.2 Å². The Balaban J connectivity index is 1.54. The second-order valence-electron chi connectivity index (χ2n) is 6.19. The van der Waals surface area contributed by atoms with Crippen LogP contribution in [0.15, 0.2) is 30.7 Å². The van der Waals surface area contributed by atoms with Crippen LogP contribution in [0.1, 0.15) is 30.3 Å². The second-order valence-corrected chi connectivity index (χ2v) is 6.19. The summed E-state index contributed by atoms with van der Waals surface area (Å²) in [7, 11) is 0. The molecule has 0 bridgehead atoms. The summed E-state index contributed by atoms with van der Waals surface area (Å²) in [4.78, 5) is 35.2. The lowest BCUT2D eigenvalue weighted by Gasteiger charge is -2.01. The molecule has 2 aromatic heterocycles. The van der Waals surface area contributed by atoms with Gasteiger partial charge in [-0.3, -0.25) is 10.1 Å². The lowest BCUT2D eigenvalue weighted by Crippen LogP contribution is -2.28. The van der Waals surface area contributed by atoms with Gasteiger partial charge >= 0.3 is 6.03 Å². The van der Waals surface area contributed by atoms with E-state index in [2.05, 4.69) is 30.9 Å². The number of H-pyrrole nitrogens is 1. The van der Waals surface area contributed by atoms with Gasteiger partial charge in [-0.1, -0.05) is 0 Å². The van der Waals surface area contributed by atoms with Gasteiger partial charge in [0.15, 0.2) is 0 Å². The van der Waals surface area contributed by atoms with Gasteiger partial charge < -0.3 is 20.2 Å². The van der Waals surface area contributed by atoms with Crippen LogP contribution in [0, 0.1) is 0 Å². The van der Waals surface area contributed by atoms with E-state index in [-0.39, 0.29) is 11.9 Å². The van der Waals surface area contributed by atoms with Crippen LogP contribution < -0.4 is 16.0 Å². The summed E-state index contributed by atoms with van der Waals surface area (Å²) in [6.45, 7) is 2.38. The van der Waals surface area contributed by atoms with Gasteiger partial charge in [-0.05, 0) is 38.0 Å². The molecular formula is C17H19N7O2. The summed E-state index contributed by atoms with van der Waals surface area (Å²) in [6, 6.07) is 5.59. The number of benzene rings is 1. The Labute approximate surface area is 149 Å². The quantitative estimate of drug-likeness (QED) is 0.559. The minimum absolute atomic E-state index is 0.151. The lowest BCUT2D eigenvalue weighted by molar-refractivity contribution is 0.0946. The SMILES string of the molecule is CCNC(=O)Nc1nc2ccc(-n3cnc(C(=O)NC4CC4)c3)cc2[nH]1. The number of aromatic amines is 1. The number of nitrogens with zero attached hydrogens (tertiary/aromatic N) is 3. The van der Waals surface area contributed by atoms with Crippen LogP contribution in [0.2, 0.25) is 0 Å². The number of nitrogens with one attached hydrogen (secondary N) is 4. The molecule has 0 radical (unpaired) electrons. The molecule has 0 aliphatic heterocycles. The molecule has 3 aromatic rings. The number of carbonyl (C=O) groups is 2. The average molecular weight is 353 g/mol. The maximum absolute atomic E-state index is 12.1. The van der Waals surface area contributed by atoms with Crippen molar-refractivity contribution in [3.63, 3.8) is 0 Å². The van der Waals surface area contributed by atoms with Gasteiger partial charge in [-0.15, -0.1) is 0 Å². The van der Waals surface area contributed by atoms with Crippen molar-refractivity contribution in [2.45, 2.75) is 25.8 Å². The van der Waals surface area contributed by atoms with Crippen LogP contribution in [-0.4, -0.2) is 44.0 Å². The number of fused-ring (bicyclic) bond motifs is 1. The number of hydrogen-bond acceptors (Lipinski definition) is 4. The molecule has 2 heterocycles. The molecule has 9 nitrogen and oxygen atoms in total. The van der Waals surface area contributed by atoms with E-state index in [0.29, 0.717) is 24.2 Å². The van der Waals surface area contributed by atoms with Crippen LogP contribution in [-0.2, 0) is 0 Å². The van der Waals surface area contributed by atoms with Gasteiger partial charge in [0.1, 0.15) is 12.0 Å². The summed E-state index contributed by atoms with van der Waals surface area (Å²) in [5.41, 5.74) is 2.73. The molecule has 134 valence electrons. The molecule has 4 N–H and O–H groups in total. The average Bonchev–Trinajstić information content (AvgIpc) is 3.14. The number of urea groups is 1. The minimum atomic E-state index is -0.312. The molecule has 1 aliphatic rings. The number of hydrogen-bond donors (Lipinski definition) is 4. The largest absolute Gasteiger partial charge is 0.348 e. The van der Waals surface area contributed by atoms with Crippen LogP contribution in [0.25, 0.3) is 16.7 Å². The Morgan fingerprint density at radius 2 is 2.19 bits per heavy atom. The lowest BCUT2D eigenvalue weighted by atomic mass is 10.3. The zero-order valence-corrected chi connectivity index (χ0v) is 14.2. The van der Waals surface area contributed by atoms with Gasteiger partial charge in [-0.25, -0.2) is 14.8 Å². The molecule has 0 atom stereocenters. The molecule has 0 saturated heterocycles. The first kappa shape index (κ1) is 16.1. The smallest absolute Gasteiger partial charge is 0.321 e. The van der Waals surface area contributed by atoms with Crippen molar-refractivity contribution in [2.24, 2.45) is 0 Å². The molecule has 0 spiro atoms. The van der Waals surface area contributed by atoms with E-state index in [1.807, 2.05) is 25.1 Å². The third-order valence-corrected chi connectivity index (χ3v) is 4.06. The van der Waals surface area contributed by atoms with E-state index in [0.717, 1.165) is 29.6 Å². The number of amides is 3. The van der Waals surface area contributed by atoms with Gasteiger partial charge in [0, 0.05) is 24.5 Å². The predicted octanol–water partition coefficient (Wildman–Crippen LogP) is 1.78. The van der Waals surface area contributed by atoms with E-state index in [4.69, 9.17) is 0 Å². The number of anilines is 1. The Bertz CT molecular complexity index is 971. The summed E-state index contributed by atoms with van der Waals surface area (Å²) in [5, 5.41) is 8.21. The fourth-order valence-electron chi connectivity index (χ4n) is 2.60. The number of carbonyl (C=O) groups excluding carboxylic acids is 2. The standard InChI is InChI=1S/C17H19N7O2/c1-2-18-17(26)23-16-21-12-6-5-11(7-13(12)22-16)24-8-14(19-9-24)15(25)20-10-3-4-10/h5-10H,2-4H2,1H3,(H,20,25)(H3,18,21,22,23,26). The van der Waals surface area contributed by atoms with Gasteiger partial charge in [-0.2, -0.15) is 0 Å². The third kappa shape index (κ3) is 3.37. The topological polar surface area (TPSA) is 117 Å². The highest BCUT2D eigenvalue weighted by molar-refractivity contribution is 5.92. The molecular weight excluding hydrogens is 334 g/mol. The first-order chi connectivity index (χ1) is 12.6. The summed E-state index contributed by atoms with van der Waals surface area (Å²) >= 11 is 0. The summed E-state index contributed by atoms with van der Waals surface area (Å²) in [5.74, 6) is 0.223. The maximum Gasteiger partial charge on any atom is 0.321 e. The second kappa shape index (κ2) is 6.51. The van der Waals surface area contributed by atoms with Gasteiger partial charge in [0.05, 0.1) is 11.0 Å². The normalized spacial score (nSPS) is 13.6. The minimum Gasteiger partial charge on any atom is -0.348 e. The van der Waals surface area contributed by atoms with Crippen molar-refractivity contribution >= 4 is 28.9 Å². The Morgan fingerprint density at radius 1 is 1.35 bits per heavy atom. The van der Waals surface area contributed by atoms with Gasteiger partial charge in [0.25, 0.3) is 5.91 Å². The molecule has 4 rings (SSSR count). The Hall–Kier alpha value is -3.36. The molecule has 1 saturated carbocycles. The molecule has 1 aliphatic carbocycles. The van der Waals surface area contributed by atoms with E-state index in [1.54, 1.807) is 17.1 Å². The van der Waals surface area contributed by atoms with E-state index in [1.165, 1.54) is 0 Å². The van der Waals surface area contributed by atoms with Gasteiger partial charge in [0.2, 0.25) is 5.95 Å². The molecule has 1 fully saturated rings. The number of imidazole rings is 2. The van der Waals surface area contributed by atoms with Crippen LogP contribution in [0.3, 0.4) is 0 Å². The molecule has 1 aromatic carbocycles. The van der Waals surface area contributed by atoms with E-state index < -0.39 is 0 Å². The first-order valence-electron chi connectivity index (χ1n) is 8.52. The van der Waals surface area contributed by atoms with Crippen molar-refractivity contribution in [2.75, 3.05) is 11.9 Å². The van der Waals surface area contributed by atoms with E-state index in [9.17, 15) is 9.59 Å². The summed E-state index contributed by atoms with van der Waals surface area (Å²) < 4.78 is 1.78. The van der Waals surface area contributed by atoms with Crippen LogP contribution >= 0.6 is 0 Å². The van der Waals surface area contributed by atoms with Crippen molar-refractivity contribution < 1.29 is 9.59 Å². The van der Waals surface area contributed by atoms with Crippen molar-refractivity contribution in [1.29, 1.82) is 0 Å². The molecule has 26 heavy (non-hydrogen) atoms. The zero-order chi connectivity index (χ0) is 18.1. The number of rotatable bonds is 5. The van der Waals surface area contributed by atoms with E-state index >= 15 is 0 Å². The maximum atomic E-state index is 12.1. The molecule has 9 heteroatoms. The van der Waals surface area contributed by atoms with Crippen molar-refractivity contribution in [3.8, 4) is 5.69 Å². The fraction of sp³-hybridized carbons (Fsp3) is 0.294. The van der Waals surface area contributed by atoms with Crippen molar-refractivity contribution in [3.05, 3.63) is 36.4 Å². The predicted molar refractivity (Wildman–Crippen MR) is 96.4 cm³/mol. The number of aromatic nitrogens is 4. The summed E-state index contributed by atoms with van der Waals surface area (Å²) in [6.07, 6.45) is 5.38. The zero-order valence-electron chi connectivity index (χ0n) is 14.2. The highest BCUT2D eigenvalue weighted by atomic mass is 16.2. The highest BCUT2D eigenvalue weighted by Crippen LogP contribution is 2.20. The first-order valence-corrected chi connectivity index (χ1v) is 8.52. The molecule has 0 unspecified atom stereocenters. The Morgan fingerprint density at radius 3 is 2.96 bits per heavy atom.